The molecule has 1 N–H and O–H groups in total. The molecule has 3 rings (SSSR count). The van der Waals surface area contributed by atoms with Crippen LogP contribution in [-0.4, -0.2) is 17.0 Å². The summed E-state index contributed by atoms with van der Waals surface area (Å²) in [5, 5.41) is 9.68. The number of carbonyl (C=O) groups excluding carboxylic acids is 1. The highest BCUT2D eigenvalue weighted by molar-refractivity contribution is 5.79. The number of carboxylic acid groups (broad SMARTS) is 1. The highest BCUT2D eigenvalue weighted by atomic mass is 16.5. The van der Waals surface area contributed by atoms with Crippen molar-refractivity contribution >= 4 is 11.9 Å². The molecule has 0 aromatic heterocycles. The lowest BCUT2D eigenvalue weighted by Crippen LogP contribution is -2.22. The average molecular weight is 433 g/mol. The molecule has 32 heavy (non-hydrogen) atoms. The zero-order valence-electron chi connectivity index (χ0n) is 18.4. The van der Waals surface area contributed by atoms with E-state index in [-0.39, 0.29) is 19.4 Å². The molecule has 166 valence electrons. The van der Waals surface area contributed by atoms with E-state index in [9.17, 15) is 14.7 Å². The molecule has 0 saturated heterocycles. The highest BCUT2D eigenvalue weighted by Gasteiger charge is 2.24. The summed E-state index contributed by atoms with van der Waals surface area (Å²) >= 11 is 0. The Morgan fingerprint density at radius 3 is 1.91 bits per heavy atom. The molecule has 0 aliphatic rings. The number of carbonyl (C=O) groups is 2. The van der Waals surface area contributed by atoms with Gasteiger partial charge in [0.25, 0.3) is 0 Å². The molecule has 3 aromatic carbocycles. The third kappa shape index (κ3) is 6.71. The molecule has 0 unspecified atom stereocenters. The summed E-state index contributed by atoms with van der Waals surface area (Å²) in [6.45, 7) is 4.47. The summed E-state index contributed by atoms with van der Waals surface area (Å²) in [6, 6.07) is 23.1. The minimum absolute atomic E-state index is 0.136. The van der Waals surface area contributed by atoms with Crippen molar-refractivity contribution in [1.82, 2.24) is 0 Å². The molecule has 3 aromatic rings. The monoisotopic (exact) mass is 432 g/mol. The fourth-order valence-electron chi connectivity index (χ4n) is 3.59. The molecule has 5 heteroatoms. The molecule has 0 spiro atoms. The van der Waals surface area contributed by atoms with Crippen LogP contribution in [0.15, 0.2) is 72.8 Å². The van der Waals surface area contributed by atoms with E-state index in [2.05, 4.69) is 0 Å². The first-order chi connectivity index (χ1) is 15.4. The van der Waals surface area contributed by atoms with Gasteiger partial charge in [-0.25, -0.2) is 0 Å². The average Bonchev–Trinajstić information content (AvgIpc) is 2.79. The number of rotatable bonds is 10. The fraction of sp³-hybridized carbons (Fsp3) is 0.259. The van der Waals surface area contributed by atoms with E-state index in [1.54, 1.807) is 0 Å². The fourth-order valence-corrected chi connectivity index (χ4v) is 3.59. The van der Waals surface area contributed by atoms with Gasteiger partial charge in [0.1, 0.15) is 19.0 Å². The van der Waals surface area contributed by atoms with Crippen molar-refractivity contribution in [1.29, 1.82) is 0 Å². The molecule has 5 nitrogen and oxygen atoms in total. The van der Waals surface area contributed by atoms with E-state index in [0.29, 0.717) is 6.61 Å². The van der Waals surface area contributed by atoms with E-state index >= 15 is 0 Å². The van der Waals surface area contributed by atoms with Crippen LogP contribution in [0.2, 0.25) is 0 Å². The third-order valence-corrected chi connectivity index (χ3v) is 5.37. The standard InChI is InChI=1S/C27H28O5/c1-19-13-24(31-17-21-9-5-3-6-10-21)14-20(2)25(19)15-23(27(29)30)16-26(28)32-18-22-11-7-4-8-12-22/h3-14,23H,15-18H2,1-2H3,(H,29,30)/t23-/m1/s1. The highest BCUT2D eigenvalue weighted by Crippen LogP contribution is 2.26. The predicted octanol–water partition coefficient (Wildman–Crippen LogP) is 5.26. The SMILES string of the molecule is Cc1cc(OCc2ccccc2)cc(C)c1C[C@H](CC(=O)OCc1ccccc1)C(=O)O. The number of esters is 1. The van der Waals surface area contributed by atoms with E-state index in [4.69, 9.17) is 9.47 Å². The maximum Gasteiger partial charge on any atom is 0.307 e. The zero-order chi connectivity index (χ0) is 22.9. The van der Waals surface area contributed by atoms with Crippen molar-refractivity contribution in [3.8, 4) is 5.75 Å². The second-order valence-corrected chi connectivity index (χ2v) is 7.90. The molecule has 0 fully saturated rings. The summed E-state index contributed by atoms with van der Waals surface area (Å²) in [4.78, 5) is 24.1. The van der Waals surface area contributed by atoms with E-state index in [1.165, 1.54) is 0 Å². The largest absolute Gasteiger partial charge is 0.489 e. The van der Waals surface area contributed by atoms with Crippen molar-refractivity contribution in [2.24, 2.45) is 5.92 Å². The number of carboxylic acids is 1. The third-order valence-electron chi connectivity index (χ3n) is 5.37. The van der Waals surface area contributed by atoms with Crippen LogP contribution >= 0.6 is 0 Å². The Kier molecular flexibility index (Phi) is 8.03. The Balaban J connectivity index is 1.62. The summed E-state index contributed by atoms with van der Waals surface area (Å²) in [6.07, 6.45) is 0.0830. The second kappa shape index (κ2) is 11.1. The van der Waals surface area contributed by atoms with Gasteiger partial charge in [-0.3, -0.25) is 9.59 Å². The molecule has 0 bridgehead atoms. The van der Waals surface area contributed by atoms with E-state index < -0.39 is 17.9 Å². The van der Waals surface area contributed by atoms with Crippen molar-refractivity contribution in [3.05, 3.63) is 101 Å². The van der Waals surface area contributed by atoms with Crippen LogP contribution in [0.3, 0.4) is 0 Å². The van der Waals surface area contributed by atoms with Gasteiger partial charge in [0, 0.05) is 0 Å². The van der Waals surface area contributed by atoms with Crippen molar-refractivity contribution in [2.75, 3.05) is 0 Å². The molecule has 0 radical (unpaired) electrons. The molecule has 0 aliphatic carbocycles. The number of hydrogen-bond acceptors (Lipinski definition) is 4. The number of ether oxygens (including phenoxy) is 2. The molecule has 0 aliphatic heterocycles. The summed E-state index contributed by atoms with van der Waals surface area (Å²) in [5.74, 6) is -1.64. The molecular weight excluding hydrogens is 404 g/mol. The topological polar surface area (TPSA) is 72.8 Å². The molecular formula is C27H28O5. The van der Waals surface area contributed by atoms with Crippen LogP contribution in [-0.2, 0) is 34.0 Å². The van der Waals surface area contributed by atoms with Gasteiger partial charge in [-0.15, -0.1) is 0 Å². The Bertz CT molecular complexity index is 1020. The first kappa shape index (κ1) is 23.1. The zero-order valence-corrected chi connectivity index (χ0v) is 18.4. The van der Waals surface area contributed by atoms with Gasteiger partial charge in [-0.2, -0.15) is 0 Å². The number of benzene rings is 3. The maximum atomic E-state index is 12.3. The lowest BCUT2D eigenvalue weighted by Gasteiger charge is -2.17. The van der Waals surface area contributed by atoms with Gasteiger partial charge >= 0.3 is 11.9 Å². The number of hydrogen-bond donors (Lipinski definition) is 1. The number of aryl methyl sites for hydroxylation is 2. The Hall–Kier alpha value is -3.60. The van der Waals surface area contributed by atoms with Crippen LogP contribution in [0.5, 0.6) is 5.75 Å². The lowest BCUT2D eigenvalue weighted by atomic mass is 9.90. The smallest absolute Gasteiger partial charge is 0.307 e. The predicted molar refractivity (Wildman–Crippen MR) is 122 cm³/mol. The van der Waals surface area contributed by atoms with E-state index in [0.717, 1.165) is 33.6 Å². The minimum atomic E-state index is -1.01. The molecule has 0 heterocycles. The Morgan fingerprint density at radius 2 is 1.38 bits per heavy atom. The molecule has 0 amide bonds. The van der Waals surface area contributed by atoms with Crippen molar-refractivity contribution in [3.63, 3.8) is 0 Å². The van der Waals surface area contributed by atoms with Crippen LogP contribution in [0, 0.1) is 19.8 Å². The molecule has 0 saturated carbocycles. The van der Waals surface area contributed by atoms with Crippen LogP contribution in [0.25, 0.3) is 0 Å². The first-order valence-corrected chi connectivity index (χ1v) is 10.6. The summed E-state index contributed by atoms with van der Waals surface area (Å²) in [7, 11) is 0. The van der Waals surface area contributed by atoms with Gasteiger partial charge in [-0.05, 0) is 60.2 Å². The second-order valence-electron chi connectivity index (χ2n) is 7.90. The van der Waals surface area contributed by atoms with Crippen LogP contribution in [0.4, 0.5) is 0 Å². The Labute approximate surface area is 188 Å². The van der Waals surface area contributed by atoms with E-state index in [1.807, 2.05) is 86.6 Å². The Morgan fingerprint density at radius 1 is 0.844 bits per heavy atom. The first-order valence-electron chi connectivity index (χ1n) is 10.6. The maximum absolute atomic E-state index is 12.3. The lowest BCUT2D eigenvalue weighted by molar-refractivity contribution is -0.152. The summed E-state index contributed by atoms with van der Waals surface area (Å²) in [5.41, 5.74) is 4.74. The van der Waals surface area contributed by atoms with Gasteiger partial charge in [0.15, 0.2) is 0 Å². The molecule has 1 atom stereocenters. The normalized spacial score (nSPS) is 11.6. The summed E-state index contributed by atoms with van der Waals surface area (Å²) < 4.78 is 11.2. The minimum Gasteiger partial charge on any atom is -0.489 e. The van der Waals surface area contributed by atoms with Gasteiger partial charge in [0.05, 0.1) is 12.3 Å². The van der Waals surface area contributed by atoms with Gasteiger partial charge in [0.2, 0.25) is 0 Å². The van der Waals surface area contributed by atoms with Gasteiger partial charge < -0.3 is 14.6 Å². The number of aliphatic carboxylic acids is 1. The van der Waals surface area contributed by atoms with Crippen LogP contribution in [0.1, 0.15) is 34.2 Å². The van der Waals surface area contributed by atoms with Crippen molar-refractivity contribution < 1.29 is 24.2 Å². The quantitative estimate of drug-likeness (QED) is 0.443. The van der Waals surface area contributed by atoms with Gasteiger partial charge in [-0.1, -0.05) is 60.7 Å². The van der Waals surface area contributed by atoms with Crippen molar-refractivity contribution in [2.45, 2.75) is 39.9 Å². The van der Waals surface area contributed by atoms with Crippen LogP contribution < -0.4 is 4.74 Å².